The lowest BCUT2D eigenvalue weighted by molar-refractivity contribution is -0.132. The highest BCUT2D eigenvalue weighted by Gasteiger charge is 2.48. The third-order valence-corrected chi connectivity index (χ3v) is 6.82. The third kappa shape index (κ3) is 3.87. The van der Waals surface area contributed by atoms with E-state index in [1.54, 1.807) is 0 Å². The average molecular weight is 484 g/mol. The van der Waals surface area contributed by atoms with Crippen molar-refractivity contribution in [2.45, 2.75) is 19.9 Å². The largest absolute Gasteiger partial charge is 0.507 e. The van der Waals surface area contributed by atoms with E-state index < -0.39 is 17.7 Å². The summed E-state index contributed by atoms with van der Waals surface area (Å²) in [6.45, 7) is 3.85. The number of carbonyl (C=O) groups excluding carboxylic acids is 2. The minimum atomic E-state index is -0.794. The summed E-state index contributed by atoms with van der Waals surface area (Å²) in [6.07, 6.45) is 0. The van der Waals surface area contributed by atoms with Crippen molar-refractivity contribution < 1.29 is 24.2 Å². The third-order valence-electron chi connectivity index (χ3n) is 5.60. The van der Waals surface area contributed by atoms with E-state index in [-0.39, 0.29) is 27.7 Å². The molecule has 2 aromatic carbocycles. The number of anilines is 1. The Bertz CT molecular complexity index is 1280. The molecule has 33 heavy (non-hydrogen) atoms. The number of aliphatic hydroxyl groups is 1. The molecule has 1 amide bonds. The van der Waals surface area contributed by atoms with Crippen LogP contribution in [-0.2, 0) is 9.59 Å². The Labute approximate surface area is 200 Å². The molecule has 1 saturated heterocycles. The fourth-order valence-electron chi connectivity index (χ4n) is 4.06. The van der Waals surface area contributed by atoms with Crippen LogP contribution >= 0.6 is 22.9 Å². The molecule has 2 heterocycles. The molecule has 1 aromatic heterocycles. The van der Waals surface area contributed by atoms with Gasteiger partial charge in [-0.2, -0.15) is 0 Å². The van der Waals surface area contributed by atoms with Crippen LogP contribution in [0.4, 0.5) is 5.69 Å². The smallest absolute Gasteiger partial charge is 0.300 e. The summed E-state index contributed by atoms with van der Waals surface area (Å²) in [4.78, 5) is 28.8. The molecule has 1 aliphatic heterocycles. The number of aliphatic hydroxyl groups excluding tert-OH is 1. The van der Waals surface area contributed by atoms with Crippen LogP contribution < -0.4 is 14.4 Å². The monoisotopic (exact) mass is 483 g/mol. The Morgan fingerprint density at radius 1 is 1.06 bits per heavy atom. The van der Waals surface area contributed by atoms with Gasteiger partial charge in [-0.25, -0.2) is 0 Å². The van der Waals surface area contributed by atoms with Crippen molar-refractivity contribution in [1.82, 2.24) is 0 Å². The second-order valence-electron chi connectivity index (χ2n) is 7.66. The number of halogens is 1. The summed E-state index contributed by atoms with van der Waals surface area (Å²) in [5.74, 6) is -1.29. The van der Waals surface area contributed by atoms with Gasteiger partial charge in [-0.3, -0.25) is 14.5 Å². The number of methoxy groups -OCH3 is 2. The van der Waals surface area contributed by atoms with Gasteiger partial charge in [0.2, 0.25) is 0 Å². The van der Waals surface area contributed by atoms with E-state index in [9.17, 15) is 14.7 Å². The summed E-state index contributed by atoms with van der Waals surface area (Å²) in [7, 11) is 2.88. The molecule has 4 rings (SSSR count). The molecule has 8 heteroatoms. The number of Topliss-reactive ketones (excluding diaryl/α,β-unsaturated/α-hetero) is 1. The number of ketones is 1. The SMILES string of the molecule is COc1cc(/C(O)=C2\C(=O)C(=O)N(c3ccc(C)cc3C)C2c2cccs2)c(OC)cc1Cl. The van der Waals surface area contributed by atoms with Gasteiger partial charge in [0.1, 0.15) is 23.3 Å². The van der Waals surface area contributed by atoms with Crippen LogP contribution in [0.5, 0.6) is 11.5 Å². The summed E-state index contributed by atoms with van der Waals surface area (Å²) < 4.78 is 10.7. The van der Waals surface area contributed by atoms with Gasteiger partial charge in [0, 0.05) is 16.6 Å². The van der Waals surface area contributed by atoms with Crippen LogP contribution in [0.15, 0.2) is 53.4 Å². The highest BCUT2D eigenvalue weighted by molar-refractivity contribution is 7.10. The van der Waals surface area contributed by atoms with Gasteiger partial charge in [0.15, 0.2) is 0 Å². The van der Waals surface area contributed by atoms with Crippen LogP contribution in [0.3, 0.4) is 0 Å². The quantitative estimate of drug-likeness (QED) is 0.288. The molecule has 0 saturated carbocycles. The van der Waals surface area contributed by atoms with Gasteiger partial charge < -0.3 is 14.6 Å². The van der Waals surface area contributed by atoms with E-state index >= 15 is 0 Å². The number of hydrogen-bond donors (Lipinski definition) is 1. The zero-order valence-corrected chi connectivity index (χ0v) is 20.1. The number of carbonyl (C=O) groups is 2. The fourth-order valence-corrected chi connectivity index (χ4v) is 5.12. The van der Waals surface area contributed by atoms with Crippen LogP contribution in [0.2, 0.25) is 5.02 Å². The van der Waals surface area contributed by atoms with E-state index in [2.05, 4.69) is 0 Å². The number of amides is 1. The minimum absolute atomic E-state index is 0.0231. The number of hydrogen-bond acceptors (Lipinski definition) is 6. The molecule has 1 fully saturated rings. The first kappa shape index (κ1) is 22.9. The lowest BCUT2D eigenvalue weighted by atomic mass is 9.98. The molecule has 6 nitrogen and oxygen atoms in total. The highest BCUT2D eigenvalue weighted by atomic mass is 35.5. The van der Waals surface area contributed by atoms with Gasteiger partial charge >= 0.3 is 0 Å². The van der Waals surface area contributed by atoms with Gasteiger partial charge in [0.05, 0.1) is 30.4 Å². The average Bonchev–Trinajstić information content (AvgIpc) is 3.40. The molecular weight excluding hydrogens is 462 g/mol. The van der Waals surface area contributed by atoms with Crippen LogP contribution in [-0.4, -0.2) is 31.0 Å². The molecule has 1 N–H and O–H groups in total. The van der Waals surface area contributed by atoms with Crippen molar-refractivity contribution in [2.75, 3.05) is 19.1 Å². The Morgan fingerprint density at radius 3 is 2.39 bits per heavy atom. The van der Waals surface area contributed by atoms with Crippen molar-refractivity contribution in [2.24, 2.45) is 0 Å². The molecule has 0 bridgehead atoms. The second-order valence-corrected chi connectivity index (χ2v) is 9.05. The van der Waals surface area contributed by atoms with E-state index in [0.29, 0.717) is 11.4 Å². The lowest BCUT2D eigenvalue weighted by Gasteiger charge is -2.26. The molecule has 1 atom stereocenters. The molecule has 1 unspecified atom stereocenters. The van der Waals surface area contributed by atoms with Crippen molar-refractivity contribution in [3.05, 3.63) is 80.0 Å². The standard InChI is InChI=1S/C25H22ClNO5S/c1-13-7-8-17(14(2)10-13)27-22(20-6-5-9-33-20)21(24(29)25(27)30)23(28)15-11-19(32-4)16(26)12-18(15)31-3/h5-12,22,28H,1-4H3/b23-21+. The van der Waals surface area contributed by atoms with Crippen LogP contribution in [0.1, 0.15) is 27.6 Å². The number of thiophene rings is 1. The molecule has 0 aliphatic carbocycles. The Balaban J connectivity index is 1.99. The first-order chi connectivity index (χ1) is 15.8. The Hall–Kier alpha value is -3.29. The summed E-state index contributed by atoms with van der Waals surface area (Å²) in [5, 5.41) is 13.5. The molecule has 0 radical (unpaired) electrons. The number of nitrogens with zero attached hydrogens (tertiary/aromatic N) is 1. The first-order valence-electron chi connectivity index (χ1n) is 10.1. The van der Waals surface area contributed by atoms with Crippen molar-refractivity contribution >= 4 is 46.1 Å². The van der Waals surface area contributed by atoms with Gasteiger partial charge in [-0.15, -0.1) is 11.3 Å². The molecule has 3 aromatic rings. The minimum Gasteiger partial charge on any atom is -0.507 e. The predicted octanol–water partition coefficient (Wildman–Crippen LogP) is 5.66. The van der Waals surface area contributed by atoms with Crippen molar-refractivity contribution in [1.29, 1.82) is 0 Å². The maximum atomic E-state index is 13.3. The fraction of sp³-hybridized carbons (Fsp3) is 0.200. The normalized spacial score (nSPS) is 17.5. The van der Waals surface area contributed by atoms with Gasteiger partial charge in [-0.05, 0) is 43.0 Å². The van der Waals surface area contributed by atoms with Gasteiger partial charge in [-0.1, -0.05) is 35.4 Å². The van der Waals surface area contributed by atoms with E-state index in [0.717, 1.165) is 16.0 Å². The lowest BCUT2D eigenvalue weighted by Crippen LogP contribution is -2.29. The molecule has 1 aliphatic rings. The highest BCUT2D eigenvalue weighted by Crippen LogP contribution is 2.46. The molecule has 170 valence electrons. The molecule has 0 spiro atoms. The topological polar surface area (TPSA) is 76.1 Å². The second kappa shape index (κ2) is 8.92. The van der Waals surface area contributed by atoms with Crippen LogP contribution in [0.25, 0.3) is 5.76 Å². The molecular formula is C25H22ClNO5S. The number of rotatable bonds is 5. The summed E-state index contributed by atoms with van der Waals surface area (Å²) >= 11 is 7.61. The van der Waals surface area contributed by atoms with Crippen molar-refractivity contribution in [3.8, 4) is 11.5 Å². The van der Waals surface area contributed by atoms with E-state index in [1.165, 1.54) is 42.6 Å². The summed E-state index contributed by atoms with van der Waals surface area (Å²) in [5.41, 5.74) is 2.69. The van der Waals surface area contributed by atoms with Crippen LogP contribution in [0, 0.1) is 13.8 Å². The van der Waals surface area contributed by atoms with E-state index in [1.807, 2.05) is 49.6 Å². The number of benzene rings is 2. The predicted molar refractivity (Wildman–Crippen MR) is 130 cm³/mol. The van der Waals surface area contributed by atoms with Crippen molar-refractivity contribution in [3.63, 3.8) is 0 Å². The van der Waals surface area contributed by atoms with E-state index in [4.69, 9.17) is 21.1 Å². The number of aryl methyl sites for hydroxylation is 2. The summed E-state index contributed by atoms with van der Waals surface area (Å²) in [6, 6.07) is 11.5. The zero-order chi connectivity index (χ0) is 23.9. The Kier molecular flexibility index (Phi) is 6.19. The zero-order valence-electron chi connectivity index (χ0n) is 18.5. The number of ether oxygens (including phenoxy) is 2. The maximum Gasteiger partial charge on any atom is 0.300 e. The first-order valence-corrected chi connectivity index (χ1v) is 11.4. The Morgan fingerprint density at radius 2 is 1.79 bits per heavy atom. The maximum absolute atomic E-state index is 13.3. The van der Waals surface area contributed by atoms with Gasteiger partial charge in [0.25, 0.3) is 11.7 Å².